The van der Waals surface area contributed by atoms with Crippen LogP contribution in [0.5, 0.6) is 0 Å². The molecule has 0 aromatic rings. The number of allylic oxidation sites excluding steroid dienone is 7. The van der Waals surface area contributed by atoms with E-state index in [9.17, 15) is 28.0 Å². The maximum absolute atomic E-state index is 12.4. The Hall–Kier alpha value is -1.74. The Morgan fingerprint density at radius 1 is 0.659 bits per heavy atom. The van der Waals surface area contributed by atoms with E-state index in [1.807, 2.05) is 12.2 Å². The Morgan fingerprint density at radius 2 is 1.10 bits per heavy atom. The molecule has 3 unspecified atom stereocenters. The molecule has 0 aromatic heterocycles. The van der Waals surface area contributed by atoms with Crippen molar-refractivity contribution in [3.63, 3.8) is 0 Å². The van der Waals surface area contributed by atoms with Crippen LogP contribution in [0.25, 0.3) is 0 Å². The minimum Gasteiger partial charge on any atom is -0.387 e. The van der Waals surface area contributed by atoms with Crippen LogP contribution < -0.4 is 5.32 Å². The minimum atomic E-state index is -4.45. The highest BCUT2D eigenvalue weighted by Crippen LogP contribution is 2.09. The smallest absolute Gasteiger partial charge is 0.267 e. The molecule has 0 rings (SSSR count). The molecule has 0 aromatic carbocycles. The van der Waals surface area contributed by atoms with Gasteiger partial charge in [0.25, 0.3) is 10.1 Å². The first-order chi connectivity index (χ1) is 19.7. The van der Waals surface area contributed by atoms with Gasteiger partial charge in [-0.05, 0) is 64.2 Å². The van der Waals surface area contributed by atoms with Gasteiger partial charge < -0.3 is 15.5 Å². The van der Waals surface area contributed by atoms with Crippen molar-refractivity contribution in [3.05, 3.63) is 48.6 Å². The zero-order valence-corrected chi connectivity index (χ0v) is 26.6. The van der Waals surface area contributed by atoms with Crippen molar-refractivity contribution in [1.29, 1.82) is 0 Å². The van der Waals surface area contributed by atoms with Gasteiger partial charge in [-0.3, -0.25) is 9.35 Å². The van der Waals surface area contributed by atoms with Crippen molar-refractivity contribution in [2.75, 3.05) is 5.75 Å². The summed E-state index contributed by atoms with van der Waals surface area (Å²) in [6, 6.07) is -1.27. The van der Waals surface area contributed by atoms with Gasteiger partial charge >= 0.3 is 0 Å². The maximum Gasteiger partial charge on any atom is 0.267 e. The number of nitrogens with one attached hydrogen (secondary N) is 1. The topological polar surface area (TPSA) is 124 Å². The second-order valence-electron chi connectivity index (χ2n) is 10.9. The van der Waals surface area contributed by atoms with Crippen LogP contribution in [0.2, 0.25) is 0 Å². The number of carbonyl (C=O) groups excluding carboxylic acids is 1. The highest BCUT2D eigenvalue weighted by molar-refractivity contribution is 7.85. The van der Waals surface area contributed by atoms with E-state index in [2.05, 4.69) is 43.5 Å². The quantitative estimate of drug-likeness (QED) is 0.0445. The summed E-state index contributed by atoms with van der Waals surface area (Å²) in [5, 5.41) is 23.0. The molecule has 0 radical (unpaired) electrons. The van der Waals surface area contributed by atoms with Crippen LogP contribution in [0.3, 0.4) is 0 Å². The molecule has 0 aliphatic carbocycles. The first-order valence-corrected chi connectivity index (χ1v) is 17.6. The summed E-state index contributed by atoms with van der Waals surface area (Å²) >= 11 is 0. The zero-order valence-electron chi connectivity index (χ0n) is 25.8. The summed E-state index contributed by atoms with van der Waals surface area (Å²) < 4.78 is 32.2. The van der Waals surface area contributed by atoms with E-state index >= 15 is 0 Å². The molecular formula is C33H59NO6S. The molecule has 1 amide bonds. The van der Waals surface area contributed by atoms with Crippen LogP contribution in [0.4, 0.5) is 0 Å². The largest absolute Gasteiger partial charge is 0.387 e. The van der Waals surface area contributed by atoms with Crippen LogP contribution >= 0.6 is 0 Å². The van der Waals surface area contributed by atoms with Crippen LogP contribution in [-0.2, 0) is 14.9 Å². The van der Waals surface area contributed by atoms with Crippen molar-refractivity contribution in [3.8, 4) is 0 Å². The minimum absolute atomic E-state index is 0.184. The second kappa shape index (κ2) is 27.1. The van der Waals surface area contributed by atoms with Gasteiger partial charge in [0.1, 0.15) is 6.10 Å². The number of aliphatic hydroxyl groups is 2. The number of hydrogen-bond acceptors (Lipinski definition) is 5. The Labute approximate surface area is 251 Å². The fourth-order valence-corrected chi connectivity index (χ4v) is 5.04. The van der Waals surface area contributed by atoms with Gasteiger partial charge in [0, 0.05) is 0 Å². The predicted molar refractivity (Wildman–Crippen MR) is 171 cm³/mol. The number of amides is 1. The van der Waals surface area contributed by atoms with Crippen molar-refractivity contribution in [2.24, 2.45) is 0 Å². The van der Waals surface area contributed by atoms with Gasteiger partial charge in [-0.2, -0.15) is 8.42 Å². The second-order valence-corrected chi connectivity index (χ2v) is 12.3. The fourth-order valence-electron chi connectivity index (χ4n) is 4.31. The number of carbonyl (C=O) groups is 1. The van der Waals surface area contributed by atoms with E-state index in [-0.39, 0.29) is 6.42 Å². The molecule has 0 saturated carbocycles. The normalized spacial score (nSPS) is 15.0. The molecule has 0 saturated heterocycles. The maximum atomic E-state index is 12.4. The molecule has 3 atom stereocenters. The average molecular weight is 598 g/mol. The number of rotatable bonds is 27. The number of hydrogen-bond donors (Lipinski definition) is 4. The van der Waals surface area contributed by atoms with Gasteiger partial charge in [-0.1, -0.05) is 114 Å². The third-order valence-electron chi connectivity index (χ3n) is 6.82. The van der Waals surface area contributed by atoms with Gasteiger partial charge in [0.05, 0.1) is 17.9 Å². The van der Waals surface area contributed by atoms with Gasteiger partial charge in [0.2, 0.25) is 5.91 Å². The molecule has 0 fully saturated rings. The first-order valence-electron chi connectivity index (χ1n) is 15.9. The lowest BCUT2D eigenvalue weighted by atomic mass is 10.1. The zero-order chi connectivity index (χ0) is 30.6. The summed E-state index contributed by atoms with van der Waals surface area (Å²) in [4.78, 5) is 12.4. The highest BCUT2D eigenvalue weighted by Gasteiger charge is 2.27. The van der Waals surface area contributed by atoms with Crippen LogP contribution in [0.1, 0.15) is 129 Å². The predicted octanol–water partition coefficient (Wildman–Crippen LogP) is 7.37. The van der Waals surface area contributed by atoms with E-state index in [4.69, 9.17) is 0 Å². The SMILES string of the molecule is CCCCCC/C=C\CCC(O)C(=O)NC(CS(=O)(=O)O)C(O)/C=C/CC/C=C/CC/C=C/CCCCCCCC. The first kappa shape index (κ1) is 39.3. The Balaban J connectivity index is 4.35. The molecule has 0 aliphatic rings. The van der Waals surface area contributed by atoms with Gasteiger partial charge in [-0.25, -0.2) is 0 Å². The summed E-state index contributed by atoms with van der Waals surface area (Å²) in [6.45, 7) is 4.40. The number of aliphatic hydroxyl groups excluding tert-OH is 2. The fraction of sp³-hybridized carbons (Fsp3) is 0.727. The van der Waals surface area contributed by atoms with Gasteiger partial charge in [-0.15, -0.1) is 0 Å². The molecule has 4 N–H and O–H groups in total. The standard InChI is InChI=1S/C33H59NO6S/c1-3-5-7-9-11-13-14-15-16-17-18-19-20-22-23-25-27-31(35)30(29-41(38,39)40)34-33(37)32(36)28-26-24-21-12-10-8-6-4-2/h15-16,19-21,24-25,27,30-32,35-36H,3-14,17-18,22-23,26,28-29H2,1-2H3,(H,34,37)(H,38,39,40)/b16-15+,20-19+,24-21-,27-25+. The Morgan fingerprint density at radius 3 is 1.63 bits per heavy atom. The summed E-state index contributed by atoms with van der Waals surface area (Å²) in [5.74, 6) is -1.62. The molecule has 0 heterocycles. The Bertz CT molecular complexity index is 850. The summed E-state index contributed by atoms with van der Waals surface area (Å²) in [5.41, 5.74) is 0. The Kier molecular flexibility index (Phi) is 26.0. The highest BCUT2D eigenvalue weighted by atomic mass is 32.2. The van der Waals surface area contributed by atoms with E-state index in [1.54, 1.807) is 6.08 Å². The lowest BCUT2D eigenvalue weighted by Crippen LogP contribution is -2.50. The van der Waals surface area contributed by atoms with E-state index in [0.717, 1.165) is 38.5 Å². The van der Waals surface area contributed by atoms with Crippen molar-refractivity contribution in [1.82, 2.24) is 5.32 Å². The lowest BCUT2D eigenvalue weighted by Gasteiger charge is -2.22. The van der Waals surface area contributed by atoms with E-state index in [1.165, 1.54) is 63.9 Å². The molecule has 0 aliphatic heterocycles. The van der Waals surface area contributed by atoms with Crippen LogP contribution in [0, 0.1) is 0 Å². The lowest BCUT2D eigenvalue weighted by molar-refractivity contribution is -0.130. The third kappa shape index (κ3) is 26.9. The van der Waals surface area contributed by atoms with Crippen LogP contribution in [0.15, 0.2) is 48.6 Å². The molecule has 7 nitrogen and oxygen atoms in total. The average Bonchev–Trinajstić information content (AvgIpc) is 2.92. The molecular weight excluding hydrogens is 538 g/mol. The summed E-state index contributed by atoms with van der Waals surface area (Å²) in [7, 11) is -4.45. The van der Waals surface area contributed by atoms with Crippen molar-refractivity contribution < 1.29 is 28.0 Å². The number of unbranched alkanes of at least 4 members (excludes halogenated alkanes) is 12. The molecule has 8 heteroatoms. The van der Waals surface area contributed by atoms with Crippen molar-refractivity contribution >= 4 is 16.0 Å². The van der Waals surface area contributed by atoms with Crippen LogP contribution in [-0.4, -0.2) is 53.1 Å². The van der Waals surface area contributed by atoms with Gasteiger partial charge in [0.15, 0.2) is 0 Å². The van der Waals surface area contributed by atoms with Crippen molar-refractivity contribution in [2.45, 2.75) is 148 Å². The molecule has 0 spiro atoms. The molecule has 238 valence electrons. The monoisotopic (exact) mass is 597 g/mol. The third-order valence-corrected chi connectivity index (χ3v) is 7.60. The summed E-state index contributed by atoms with van der Waals surface area (Å²) in [6.07, 6.45) is 32.0. The van der Waals surface area contributed by atoms with E-state index in [0.29, 0.717) is 12.8 Å². The molecule has 41 heavy (non-hydrogen) atoms. The van der Waals surface area contributed by atoms with E-state index < -0.39 is 40.0 Å². The molecule has 0 bridgehead atoms.